The summed E-state index contributed by atoms with van der Waals surface area (Å²) in [5.41, 5.74) is 2.62. The Bertz CT molecular complexity index is 506. The molecule has 4 heteroatoms. The second-order valence-electron chi connectivity index (χ2n) is 4.59. The van der Waals surface area contributed by atoms with Crippen molar-refractivity contribution in [1.82, 2.24) is 0 Å². The van der Waals surface area contributed by atoms with Gasteiger partial charge in [-0.05, 0) is 42.2 Å². The minimum Gasteiger partial charge on any atom is -0.478 e. The van der Waals surface area contributed by atoms with Crippen LogP contribution in [0.25, 0.3) is 6.08 Å². The second kappa shape index (κ2) is 8.15. The first-order valence-corrected chi connectivity index (χ1v) is 6.90. The number of amides is 1. The van der Waals surface area contributed by atoms with Gasteiger partial charge in [-0.1, -0.05) is 26.3 Å². The maximum absolute atomic E-state index is 11.7. The van der Waals surface area contributed by atoms with E-state index in [1.54, 1.807) is 12.1 Å². The SMILES string of the molecule is CCCCC(=O)Nc1ccc(/C=C/C(=O)O)cc1CC. The topological polar surface area (TPSA) is 66.4 Å². The zero-order valence-electron chi connectivity index (χ0n) is 12.0. The molecule has 0 aromatic heterocycles. The van der Waals surface area contributed by atoms with E-state index in [0.29, 0.717) is 6.42 Å². The van der Waals surface area contributed by atoms with Crippen LogP contribution >= 0.6 is 0 Å². The number of benzene rings is 1. The van der Waals surface area contributed by atoms with Crippen molar-refractivity contribution < 1.29 is 14.7 Å². The number of aliphatic carboxylic acids is 1. The summed E-state index contributed by atoms with van der Waals surface area (Å²) in [4.78, 5) is 22.2. The molecule has 1 amide bonds. The fourth-order valence-corrected chi connectivity index (χ4v) is 1.85. The van der Waals surface area contributed by atoms with Gasteiger partial charge in [0.05, 0.1) is 0 Å². The normalized spacial score (nSPS) is 10.7. The Morgan fingerprint density at radius 3 is 2.65 bits per heavy atom. The molecule has 0 heterocycles. The third-order valence-corrected chi connectivity index (χ3v) is 2.96. The maximum Gasteiger partial charge on any atom is 0.328 e. The lowest BCUT2D eigenvalue weighted by atomic mass is 10.1. The summed E-state index contributed by atoms with van der Waals surface area (Å²) >= 11 is 0. The second-order valence-corrected chi connectivity index (χ2v) is 4.59. The molecular formula is C16H21NO3. The number of carboxylic acid groups (broad SMARTS) is 1. The molecule has 0 spiro atoms. The summed E-state index contributed by atoms with van der Waals surface area (Å²) in [6.45, 7) is 4.05. The number of nitrogens with one attached hydrogen (secondary N) is 1. The van der Waals surface area contributed by atoms with Gasteiger partial charge in [0.25, 0.3) is 0 Å². The van der Waals surface area contributed by atoms with Gasteiger partial charge in [0.15, 0.2) is 0 Å². The summed E-state index contributed by atoms with van der Waals surface area (Å²) in [5, 5.41) is 11.5. The smallest absolute Gasteiger partial charge is 0.328 e. The minimum atomic E-state index is -0.972. The third-order valence-electron chi connectivity index (χ3n) is 2.96. The molecule has 0 unspecified atom stereocenters. The van der Waals surface area contributed by atoms with Crippen molar-refractivity contribution in [3.63, 3.8) is 0 Å². The summed E-state index contributed by atoms with van der Waals surface area (Å²) < 4.78 is 0. The monoisotopic (exact) mass is 275 g/mol. The molecule has 0 aliphatic carbocycles. The average Bonchev–Trinajstić information content (AvgIpc) is 2.43. The quantitative estimate of drug-likeness (QED) is 0.749. The molecule has 1 aromatic rings. The highest BCUT2D eigenvalue weighted by molar-refractivity contribution is 5.92. The largest absolute Gasteiger partial charge is 0.478 e. The molecule has 108 valence electrons. The van der Waals surface area contributed by atoms with Gasteiger partial charge in [-0.15, -0.1) is 0 Å². The highest BCUT2D eigenvalue weighted by Crippen LogP contribution is 2.19. The zero-order valence-corrected chi connectivity index (χ0v) is 12.0. The fraction of sp³-hybridized carbons (Fsp3) is 0.375. The van der Waals surface area contributed by atoms with E-state index in [4.69, 9.17) is 5.11 Å². The van der Waals surface area contributed by atoms with Crippen LogP contribution in [0.2, 0.25) is 0 Å². The molecule has 0 aliphatic heterocycles. The highest BCUT2D eigenvalue weighted by Gasteiger charge is 2.06. The number of carboxylic acids is 1. The van der Waals surface area contributed by atoms with E-state index < -0.39 is 5.97 Å². The molecule has 20 heavy (non-hydrogen) atoms. The summed E-state index contributed by atoms with van der Waals surface area (Å²) in [5.74, 6) is -0.949. The maximum atomic E-state index is 11.7. The van der Waals surface area contributed by atoms with Crippen LogP contribution in [0.1, 0.15) is 44.2 Å². The fourth-order valence-electron chi connectivity index (χ4n) is 1.85. The van der Waals surface area contributed by atoms with Crippen LogP contribution in [-0.4, -0.2) is 17.0 Å². The number of rotatable bonds is 7. The standard InChI is InChI=1S/C16H21NO3/c1-3-5-6-15(18)17-14-9-7-12(8-10-16(19)20)11-13(14)4-2/h7-11H,3-6H2,1-2H3,(H,17,18)(H,19,20)/b10-8+. The van der Waals surface area contributed by atoms with Crippen molar-refractivity contribution >= 4 is 23.6 Å². The van der Waals surface area contributed by atoms with Crippen LogP contribution in [0.3, 0.4) is 0 Å². The number of hydrogen-bond acceptors (Lipinski definition) is 2. The number of aryl methyl sites for hydroxylation is 1. The van der Waals surface area contributed by atoms with E-state index >= 15 is 0 Å². The average molecular weight is 275 g/mol. The van der Waals surface area contributed by atoms with Gasteiger partial charge in [0.2, 0.25) is 5.91 Å². The van der Waals surface area contributed by atoms with Crippen molar-refractivity contribution in [3.8, 4) is 0 Å². The Hall–Kier alpha value is -2.10. The molecule has 2 N–H and O–H groups in total. The lowest BCUT2D eigenvalue weighted by Crippen LogP contribution is -2.12. The Morgan fingerprint density at radius 2 is 2.05 bits per heavy atom. The zero-order chi connectivity index (χ0) is 15.0. The number of anilines is 1. The van der Waals surface area contributed by atoms with Crippen molar-refractivity contribution in [3.05, 3.63) is 35.4 Å². The lowest BCUT2D eigenvalue weighted by molar-refractivity contribution is -0.131. The molecule has 0 saturated carbocycles. The van der Waals surface area contributed by atoms with E-state index in [2.05, 4.69) is 5.32 Å². The Labute approximate surface area is 119 Å². The van der Waals surface area contributed by atoms with Crippen LogP contribution in [0.15, 0.2) is 24.3 Å². The predicted molar refractivity (Wildman–Crippen MR) is 80.6 cm³/mol. The Morgan fingerprint density at radius 1 is 1.30 bits per heavy atom. The van der Waals surface area contributed by atoms with Gasteiger partial charge in [0, 0.05) is 18.2 Å². The molecule has 1 rings (SSSR count). The number of hydrogen-bond donors (Lipinski definition) is 2. The van der Waals surface area contributed by atoms with Gasteiger partial charge >= 0.3 is 5.97 Å². The lowest BCUT2D eigenvalue weighted by Gasteiger charge is -2.10. The van der Waals surface area contributed by atoms with E-state index in [0.717, 1.165) is 42.2 Å². The van der Waals surface area contributed by atoms with E-state index in [1.165, 1.54) is 0 Å². The molecule has 1 aromatic carbocycles. The van der Waals surface area contributed by atoms with E-state index in [1.807, 2.05) is 26.0 Å². The Kier molecular flexibility index (Phi) is 6.50. The predicted octanol–water partition coefficient (Wildman–Crippen LogP) is 3.48. The first kappa shape index (κ1) is 16.0. The Balaban J connectivity index is 2.82. The van der Waals surface area contributed by atoms with E-state index in [-0.39, 0.29) is 5.91 Å². The molecule has 0 fully saturated rings. The number of carbonyl (C=O) groups is 2. The molecule has 4 nitrogen and oxygen atoms in total. The van der Waals surface area contributed by atoms with Gasteiger partial charge in [-0.3, -0.25) is 4.79 Å². The van der Waals surface area contributed by atoms with Crippen LogP contribution in [0.4, 0.5) is 5.69 Å². The van der Waals surface area contributed by atoms with Crippen molar-refractivity contribution in [2.75, 3.05) is 5.32 Å². The molecule has 0 saturated heterocycles. The van der Waals surface area contributed by atoms with Crippen molar-refractivity contribution in [1.29, 1.82) is 0 Å². The van der Waals surface area contributed by atoms with E-state index in [9.17, 15) is 9.59 Å². The van der Waals surface area contributed by atoms with Crippen LogP contribution in [0, 0.1) is 0 Å². The number of unbranched alkanes of at least 4 members (excludes halogenated alkanes) is 1. The number of carbonyl (C=O) groups excluding carboxylic acids is 1. The first-order chi connectivity index (χ1) is 9.56. The minimum absolute atomic E-state index is 0.0235. The van der Waals surface area contributed by atoms with Gasteiger partial charge < -0.3 is 10.4 Å². The molecule has 0 bridgehead atoms. The summed E-state index contributed by atoms with van der Waals surface area (Å²) in [6.07, 6.45) is 5.83. The first-order valence-electron chi connectivity index (χ1n) is 6.90. The van der Waals surface area contributed by atoms with Crippen LogP contribution in [0.5, 0.6) is 0 Å². The van der Waals surface area contributed by atoms with Gasteiger partial charge in [0.1, 0.15) is 0 Å². The van der Waals surface area contributed by atoms with Crippen LogP contribution < -0.4 is 5.32 Å². The third kappa shape index (κ3) is 5.26. The summed E-state index contributed by atoms with van der Waals surface area (Å²) in [6, 6.07) is 5.52. The molecule has 0 radical (unpaired) electrons. The molecule has 0 atom stereocenters. The molecule has 0 aliphatic rings. The van der Waals surface area contributed by atoms with Crippen molar-refractivity contribution in [2.45, 2.75) is 39.5 Å². The van der Waals surface area contributed by atoms with Gasteiger partial charge in [-0.2, -0.15) is 0 Å². The summed E-state index contributed by atoms with van der Waals surface area (Å²) in [7, 11) is 0. The highest BCUT2D eigenvalue weighted by atomic mass is 16.4. The molecular weight excluding hydrogens is 254 g/mol. The van der Waals surface area contributed by atoms with Crippen LogP contribution in [-0.2, 0) is 16.0 Å². The van der Waals surface area contributed by atoms with Crippen molar-refractivity contribution in [2.24, 2.45) is 0 Å². The van der Waals surface area contributed by atoms with Gasteiger partial charge in [-0.25, -0.2) is 4.79 Å².